The highest BCUT2D eigenvalue weighted by Crippen LogP contribution is 2.33. The van der Waals surface area contributed by atoms with Crippen molar-refractivity contribution >= 4 is 5.91 Å². The molecule has 4 heterocycles. The second-order valence-electron chi connectivity index (χ2n) is 8.54. The first-order valence-corrected chi connectivity index (χ1v) is 11.4. The SMILES string of the molecule is COc1ccccc1Cc1cnc(C2CCCCN2C(=O)c2cc(-c3cn(C)nc3C)no2)o1. The lowest BCUT2D eigenvalue weighted by atomic mass is 10.0. The van der Waals surface area contributed by atoms with Crippen LogP contribution < -0.4 is 4.74 Å². The molecule has 1 saturated heterocycles. The van der Waals surface area contributed by atoms with Crippen molar-refractivity contribution in [1.29, 1.82) is 0 Å². The maximum Gasteiger partial charge on any atom is 0.293 e. The molecule has 0 N–H and O–H groups in total. The fourth-order valence-corrected chi connectivity index (χ4v) is 4.52. The molecule has 3 aromatic heterocycles. The van der Waals surface area contributed by atoms with Gasteiger partial charge in [-0.15, -0.1) is 0 Å². The number of aryl methyl sites for hydroxylation is 2. The van der Waals surface area contributed by atoms with E-state index in [4.69, 9.17) is 13.7 Å². The van der Waals surface area contributed by atoms with Crippen molar-refractivity contribution in [2.24, 2.45) is 7.05 Å². The first-order chi connectivity index (χ1) is 16.5. The summed E-state index contributed by atoms with van der Waals surface area (Å²) in [6.07, 6.45) is 6.85. The number of carbonyl (C=O) groups is 1. The molecule has 9 nitrogen and oxygen atoms in total. The van der Waals surface area contributed by atoms with Crippen LogP contribution in [0.3, 0.4) is 0 Å². The van der Waals surface area contributed by atoms with Crippen LogP contribution in [0.5, 0.6) is 5.75 Å². The Labute approximate surface area is 197 Å². The summed E-state index contributed by atoms with van der Waals surface area (Å²) in [6.45, 7) is 2.51. The molecule has 176 valence electrons. The molecule has 0 radical (unpaired) electrons. The zero-order valence-electron chi connectivity index (χ0n) is 19.5. The van der Waals surface area contributed by atoms with Crippen molar-refractivity contribution in [2.45, 2.75) is 38.6 Å². The number of methoxy groups -OCH3 is 1. The minimum Gasteiger partial charge on any atom is -0.496 e. The van der Waals surface area contributed by atoms with E-state index in [0.717, 1.165) is 47.6 Å². The molecule has 1 aromatic carbocycles. The molecular weight excluding hydrogens is 434 g/mol. The van der Waals surface area contributed by atoms with Crippen LogP contribution in [0.2, 0.25) is 0 Å². The Bertz CT molecular complexity index is 1300. The number of carbonyl (C=O) groups excluding carboxylic acids is 1. The number of amides is 1. The highest BCUT2D eigenvalue weighted by atomic mass is 16.5. The number of hydrogen-bond donors (Lipinski definition) is 0. The van der Waals surface area contributed by atoms with Gasteiger partial charge >= 0.3 is 0 Å². The third-order valence-electron chi connectivity index (χ3n) is 6.19. The quantitative estimate of drug-likeness (QED) is 0.421. The predicted molar refractivity (Wildman–Crippen MR) is 123 cm³/mol. The van der Waals surface area contributed by atoms with Gasteiger partial charge in [-0.05, 0) is 32.3 Å². The first-order valence-electron chi connectivity index (χ1n) is 11.4. The van der Waals surface area contributed by atoms with Gasteiger partial charge in [0.05, 0.1) is 19.0 Å². The lowest BCUT2D eigenvalue weighted by molar-refractivity contribution is 0.0528. The Morgan fingerprint density at radius 3 is 2.91 bits per heavy atom. The Balaban J connectivity index is 1.36. The minimum absolute atomic E-state index is 0.200. The van der Waals surface area contributed by atoms with Crippen LogP contribution >= 0.6 is 0 Å². The second-order valence-corrected chi connectivity index (χ2v) is 8.54. The zero-order chi connectivity index (χ0) is 23.7. The number of aromatic nitrogens is 4. The summed E-state index contributed by atoms with van der Waals surface area (Å²) in [6, 6.07) is 9.26. The first kappa shape index (κ1) is 21.9. The van der Waals surface area contributed by atoms with Crippen LogP contribution in [0.4, 0.5) is 0 Å². The third-order valence-corrected chi connectivity index (χ3v) is 6.19. The van der Waals surface area contributed by atoms with E-state index in [-0.39, 0.29) is 17.7 Å². The lowest BCUT2D eigenvalue weighted by Crippen LogP contribution is -2.38. The van der Waals surface area contributed by atoms with E-state index >= 15 is 0 Å². The van der Waals surface area contributed by atoms with Gasteiger partial charge in [0.2, 0.25) is 11.7 Å². The topological polar surface area (TPSA) is 99.4 Å². The summed E-state index contributed by atoms with van der Waals surface area (Å²) in [5.41, 5.74) is 3.28. The average molecular weight is 462 g/mol. The molecule has 4 aromatic rings. The number of piperidine rings is 1. The minimum atomic E-state index is -0.249. The highest BCUT2D eigenvalue weighted by molar-refractivity contribution is 5.92. The molecule has 5 rings (SSSR count). The van der Waals surface area contributed by atoms with Gasteiger partial charge in [0, 0.05) is 43.4 Å². The molecule has 1 aliphatic heterocycles. The molecular formula is C25H27N5O4. The molecule has 0 aliphatic carbocycles. The molecule has 1 fully saturated rings. The lowest BCUT2D eigenvalue weighted by Gasteiger charge is -2.32. The van der Waals surface area contributed by atoms with Gasteiger partial charge in [-0.3, -0.25) is 9.48 Å². The number of rotatable bonds is 6. The summed E-state index contributed by atoms with van der Waals surface area (Å²) in [5.74, 6) is 2.06. The second kappa shape index (κ2) is 9.17. The monoisotopic (exact) mass is 461 g/mol. The molecule has 9 heteroatoms. The number of oxazole rings is 1. The van der Waals surface area contributed by atoms with E-state index in [1.165, 1.54) is 0 Å². The highest BCUT2D eigenvalue weighted by Gasteiger charge is 2.34. The Hall–Kier alpha value is -3.88. The maximum absolute atomic E-state index is 13.4. The van der Waals surface area contributed by atoms with Crippen LogP contribution in [-0.4, -0.2) is 44.4 Å². The van der Waals surface area contributed by atoms with Gasteiger partial charge in [-0.2, -0.15) is 5.10 Å². The fourth-order valence-electron chi connectivity index (χ4n) is 4.52. The molecule has 0 bridgehead atoms. The van der Waals surface area contributed by atoms with E-state index in [9.17, 15) is 4.79 Å². The van der Waals surface area contributed by atoms with Crippen molar-refractivity contribution in [2.75, 3.05) is 13.7 Å². The van der Waals surface area contributed by atoms with E-state index in [0.29, 0.717) is 24.6 Å². The van der Waals surface area contributed by atoms with Crippen molar-refractivity contribution in [3.8, 4) is 17.0 Å². The normalized spacial score (nSPS) is 16.1. The van der Waals surface area contributed by atoms with E-state index in [2.05, 4.69) is 15.2 Å². The van der Waals surface area contributed by atoms with Crippen molar-refractivity contribution in [3.63, 3.8) is 0 Å². The van der Waals surface area contributed by atoms with Crippen molar-refractivity contribution < 1.29 is 18.5 Å². The van der Waals surface area contributed by atoms with Crippen molar-refractivity contribution in [3.05, 3.63) is 71.4 Å². The van der Waals surface area contributed by atoms with E-state index in [1.54, 1.807) is 29.0 Å². The van der Waals surface area contributed by atoms with Crippen LogP contribution in [0.15, 0.2) is 51.7 Å². The van der Waals surface area contributed by atoms with E-state index in [1.807, 2.05) is 44.4 Å². The summed E-state index contributed by atoms with van der Waals surface area (Å²) in [7, 11) is 3.50. The third kappa shape index (κ3) is 4.21. The van der Waals surface area contributed by atoms with Crippen LogP contribution in [0.25, 0.3) is 11.3 Å². The summed E-state index contributed by atoms with van der Waals surface area (Å²) >= 11 is 0. The van der Waals surface area contributed by atoms with Crippen LogP contribution in [-0.2, 0) is 13.5 Å². The standard InChI is InChI=1S/C25H27N5O4/c1-16-19(15-29(2)27-16)20-13-23(34-28-20)25(31)30-11-7-6-9-21(30)24-26-14-18(33-24)12-17-8-4-5-10-22(17)32-3/h4-5,8,10,13-15,21H,6-7,9,11-12H2,1-3H3. The fraction of sp³-hybridized carbons (Fsp3) is 0.360. The molecule has 0 spiro atoms. The van der Waals surface area contributed by atoms with Gasteiger partial charge in [0.15, 0.2) is 0 Å². The Morgan fingerprint density at radius 1 is 1.26 bits per heavy atom. The number of hydrogen-bond acceptors (Lipinski definition) is 7. The zero-order valence-corrected chi connectivity index (χ0v) is 19.5. The summed E-state index contributed by atoms with van der Waals surface area (Å²) in [5, 5.41) is 8.45. The number of ether oxygens (including phenoxy) is 1. The Kier molecular flexibility index (Phi) is 5.91. The predicted octanol–water partition coefficient (Wildman–Crippen LogP) is 4.34. The maximum atomic E-state index is 13.4. The molecule has 0 saturated carbocycles. The van der Waals surface area contributed by atoms with Gasteiger partial charge in [0.1, 0.15) is 23.2 Å². The average Bonchev–Trinajstić information content (AvgIpc) is 3.59. The van der Waals surface area contributed by atoms with Gasteiger partial charge in [-0.1, -0.05) is 23.4 Å². The van der Waals surface area contributed by atoms with Gasteiger partial charge in [0.25, 0.3) is 5.91 Å². The molecule has 1 amide bonds. The van der Waals surface area contributed by atoms with E-state index < -0.39 is 0 Å². The Morgan fingerprint density at radius 2 is 2.12 bits per heavy atom. The van der Waals surface area contributed by atoms with Crippen LogP contribution in [0.1, 0.15) is 58.8 Å². The molecule has 1 unspecified atom stereocenters. The van der Waals surface area contributed by atoms with Gasteiger partial charge < -0.3 is 18.6 Å². The number of nitrogens with zero attached hydrogens (tertiary/aromatic N) is 5. The summed E-state index contributed by atoms with van der Waals surface area (Å²) in [4.78, 5) is 19.7. The number of benzene rings is 1. The number of likely N-dealkylation sites (tertiary alicyclic amines) is 1. The molecule has 1 aliphatic rings. The number of para-hydroxylation sites is 1. The van der Waals surface area contributed by atoms with Gasteiger partial charge in [-0.25, -0.2) is 4.98 Å². The smallest absolute Gasteiger partial charge is 0.293 e. The van der Waals surface area contributed by atoms with Crippen LogP contribution in [0, 0.1) is 6.92 Å². The summed E-state index contributed by atoms with van der Waals surface area (Å²) < 4.78 is 18.7. The van der Waals surface area contributed by atoms with Crippen molar-refractivity contribution in [1.82, 2.24) is 24.8 Å². The molecule has 34 heavy (non-hydrogen) atoms. The largest absolute Gasteiger partial charge is 0.496 e. The molecule has 1 atom stereocenters.